The summed E-state index contributed by atoms with van der Waals surface area (Å²) in [5.74, 6) is -0.133. The molecular weight excluding hydrogens is 178 g/mol. The third-order valence-electron chi connectivity index (χ3n) is 2.07. The van der Waals surface area contributed by atoms with Gasteiger partial charge in [-0.05, 0) is 6.08 Å². The molecule has 0 fully saturated rings. The Balaban J connectivity index is 2.81. The van der Waals surface area contributed by atoms with Crippen LogP contribution in [0.25, 0.3) is 11.0 Å². The molecule has 0 N–H and O–H groups in total. The predicted molar refractivity (Wildman–Crippen MR) is 53.0 cm³/mol. The lowest BCUT2D eigenvalue weighted by molar-refractivity contribution is 0.104. The highest BCUT2D eigenvalue weighted by molar-refractivity contribution is 6.11. The van der Waals surface area contributed by atoms with Crippen LogP contribution in [0, 0.1) is 0 Å². The second kappa shape index (κ2) is 3.06. The SMILES string of the molecule is C=CC(=O)c1cncc2ncn(C)c12. The summed E-state index contributed by atoms with van der Waals surface area (Å²) in [7, 11) is 1.84. The molecule has 0 aliphatic rings. The van der Waals surface area contributed by atoms with Crippen LogP contribution in [-0.2, 0) is 7.05 Å². The Hall–Kier alpha value is -1.97. The second-order valence-electron chi connectivity index (χ2n) is 2.98. The van der Waals surface area contributed by atoms with E-state index < -0.39 is 0 Å². The Kier molecular flexibility index (Phi) is 1.89. The maximum absolute atomic E-state index is 11.5. The van der Waals surface area contributed by atoms with Crippen molar-refractivity contribution in [3.8, 4) is 0 Å². The van der Waals surface area contributed by atoms with Gasteiger partial charge in [-0.3, -0.25) is 9.78 Å². The molecule has 0 atom stereocenters. The number of rotatable bonds is 2. The first kappa shape index (κ1) is 8.62. The molecule has 14 heavy (non-hydrogen) atoms. The van der Waals surface area contributed by atoms with Gasteiger partial charge in [0.2, 0.25) is 0 Å². The van der Waals surface area contributed by atoms with E-state index >= 15 is 0 Å². The summed E-state index contributed by atoms with van der Waals surface area (Å²) in [6, 6.07) is 0. The number of pyridine rings is 1. The number of allylic oxidation sites excluding steroid dienone is 1. The van der Waals surface area contributed by atoms with Crippen LogP contribution in [-0.4, -0.2) is 20.3 Å². The Labute approximate surface area is 80.9 Å². The largest absolute Gasteiger partial charge is 0.333 e. The minimum atomic E-state index is -0.133. The molecule has 4 nitrogen and oxygen atoms in total. The van der Waals surface area contributed by atoms with Gasteiger partial charge in [-0.1, -0.05) is 6.58 Å². The molecule has 0 aliphatic carbocycles. The summed E-state index contributed by atoms with van der Waals surface area (Å²) < 4.78 is 1.80. The van der Waals surface area contributed by atoms with Crippen molar-refractivity contribution in [3.63, 3.8) is 0 Å². The van der Waals surface area contributed by atoms with E-state index in [1.165, 1.54) is 12.3 Å². The maximum Gasteiger partial charge on any atom is 0.188 e. The Morgan fingerprint density at radius 1 is 1.57 bits per heavy atom. The average molecular weight is 187 g/mol. The van der Waals surface area contributed by atoms with Crippen molar-refractivity contribution >= 4 is 16.8 Å². The van der Waals surface area contributed by atoms with E-state index in [1.54, 1.807) is 17.1 Å². The summed E-state index contributed by atoms with van der Waals surface area (Å²) in [6.07, 6.45) is 6.11. The number of carbonyl (C=O) groups excluding carboxylic acids is 1. The van der Waals surface area contributed by atoms with Crippen molar-refractivity contribution in [2.45, 2.75) is 0 Å². The number of nitrogens with zero attached hydrogens (tertiary/aromatic N) is 3. The average Bonchev–Trinajstić information content (AvgIpc) is 2.59. The van der Waals surface area contributed by atoms with E-state index in [1.807, 2.05) is 7.05 Å². The van der Waals surface area contributed by atoms with Gasteiger partial charge in [0, 0.05) is 13.2 Å². The molecule has 0 aromatic carbocycles. The molecule has 0 saturated carbocycles. The van der Waals surface area contributed by atoms with E-state index in [9.17, 15) is 4.79 Å². The monoisotopic (exact) mass is 187 g/mol. The van der Waals surface area contributed by atoms with E-state index in [4.69, 9.17) is 0 Å². The van der Waals surface area contributed by atoms with E-state index in [-0.39, 0.29) is 5.78 Å². The first-order valence-electron chi connectivity index (χ1n) is 4.16. The Morgan fingerprint density at radius 3 is 3.07 bits per heavy atom. The number of hydrogen-bond acceptors (Lipinski definition) is 3. The second-order valence-corrected chi connectivity index (χ2v) is 2.98. The zero-order valence-corrected chi connectivity index (χ0v) is 7.77. The van der Waals surface area contributed by atoms with Crippen molar-refractivity contribution in [1.29, 1.82) is 0 Å². The summed E-state index contributed by atoms with van der Waals surface area (Å²) >= 11 is 0. The van der Waals surface area contributed by atoms with Crippen molar-refractivity contribution in [2.24, 2.45) is 7.05 Å². The van der Waals surface area contributed by atoms with Gasteiger partial charge < -0.3 is 4.57 Å². The molecule has 0 spiro atoms. The zero-order valence-electron chi connectivity index (χ0n) is 7.77. The quantitative estimate of drug-likeness (QED) is 0.526. The lowest BCUT2D eigenvalue weighted by Gasteiger charge is -1.99. The first-order valence-corrected chi connectivity index (χ1v) is 4.16. The third-order valence-corrected chi connectivity index (χ3v) is 2.07. The van der Waals surface area contributed by atoms with Crippen LogP contribution >= 0.6 is 0 Å². The van der Waals surface area contributed by atoms with Gasteiger partial charge in [0.25, 0.3) is 0 Å². The summed E-state index contributed by atoms with van der Waals surface area (Å²) in [5.41, 5.74) is 2.06. The number of aryl methyl sites for hydroxylation is 1. The van der Waals surface area contributed by atoms with Gasteiger partial charge in [0.15, 0.2) is 5.78 Å². The molecule has 0 unspecified atom stereocenters. The fourth-order valence-corrected chi connectivity index (χ4v) is 1.40. The number of ketones is 1. The summed E-state index contributed by atoms with van der Waals surface area (Å²) in [5, 5.41) is 0. The van der Waals surface area contributed by atoms with Crippen LogP contribution in [0.3, 0.4) is 0 Å². The van der Waals surface area contributed by atoms with Crippen molar-refractivity contribution in [2.75, 3.05) is 0 Å². The van der Waals surface area contributed by atoms with Crippen LogP contribution in [0.1, 0.15) is 10.4 Å². The third kappa shape index (κ3) is 1.12. The molecule has 2 aromatic rings. The van der Waals surface area contributed by atoms with Gasteiger partial charge in [0.1, 0.15) is 5.52 Å². The molecule has 0 aliphatic heterocycles. The van der Waals surface area contributed by atoms with Gasteiger partial charge in [-0.25, -0.2) is 4.98 Å². The molecule has 0 amide bonds. The van der Waals surface area contributed by atoms with Crippen molar-refractivity contribution in [1.82, 2.24) is 14.5 Å². The highest BCUT2D eigenvalue weighted by Crippen LogP contribution is 2.15. The van der Waals surface area contributed by atoms with Gasteiger partial charge in [0.05, 0.1) is 23.6 Å². The van der Waals surface area contributed by atoms with Crippen molar-refractivity contribution in [3.05, 3.63) is 36.9 Å². The standard InChI is InChI=1S/C10H9N3O/c1-3-9(14)7-4-11-5-8-10(7)13(2)6-12-8/h3-6H,1H2,2H3. The zero-order chi connectivity index (χ0) is 10.1. The van der Waals surface area contributed by atoms with E-state index in [2.05, 4.69) is 16.5 Å². The van der Waals surface area contributed by atoms with E-state index in [0.717, 1.165) is 11.0 Å². The van der Waals surface area contributed by atoms with Crippen LogP contribution < -0.4 is 0 Å². The minimum Gasteiger partial charge on any atom is -0.333 e. The lowest BCUT2D eigenvalue weighted by Crippen LogP contribution is -1.99. The Bertz CT molecular complexity index is 513. The summed E-state index contributed by atoms with van der Waals surface area (Å²) in [6.45, 7) is 3.45. The fourth-order valence-electron chi connectivity index (χ4n) is 1.40. The molecule has 0 radical (unpaired) electrons. The molecule has 0 saturated heterocycles. The molecule has 2 rings (SSSR count). The number of fused-ring (bicyclic) bond motifs is 1. The topological polar surface area (TPSA) is 47.8 Å². The smallest absolute Gasteiger partial charge is 0.188 e. The van der Waals surface area contributed by atoms with Crippen LogP contribution in [0.15, 0.2) is 31.4 Å². The van der Waals surface area contributed by atoms with Crippen molar-refractivity contribution < 1.29 is 4.79 Å². The maximum atomic E-state index is 11.5. The van der Waals surface area contributed by atoms with Gasteiger partial charge in [-0.2, -0.15) is 0 Å². The first-order chi connectivity index (χ1) is 6.74. The van der Waals surface area contributed by atoms with Gasteiger partial charge >= 0.3 is 0 Å². The molecular formula is C10H9N3O. The molecule has 0 bridgehead atoms. The molecule has 2 heterocycles. The number of aromatic nitrogens is 3. The van der Waals surface area contributed by atoms with Crippen LogP contribution in [0.5, 0.6) is 0 Å². The number of carbonyl (C=O) groups is 1. The number of imidazole rings is 1. The molecule has 2 aromatic heterocycles. The molecule has 70 valence electrons. The highest BCUT2D eigenvalue weighted by Gasteiger charge is 2.10. The Morgan fingerprint density at radius 2 is 2.36 bits per heavy atom. The predicted octanol–water partition coefficient (Wildman–Crippen LogP) is 1.34. The summed E-state index contributed by atoms with van der Waals surface area (Å²) in [4.78, 5) is 19.5. The van der Waals surface area contributed by atoms with Crippen LogP contribution in [0.4, 0.5) is 0 Å². The minimum absolute atomic E-state index is 0.133. The normalized spacial score (nSPS) is 10.4. The molecule has 4 heteroatoms. The fraction of sp³-hybridized carbons (Fsp3) is 0.100. The van der Waals surface area contributed by atoms with E-state index in [0.29, 0.717) is 5.56 Å². The van der Waals surface area contributed by atoms with Gasteiger partial charge in [-0.15, -0.1) is 0 Å². The highest BCUT2D eigenvalue weighted by atomic mass is 16.1. The number of hydrogen-bond donors (Lipinski definition) is 0. The van der Waals surface area contributed by atoms with Crippen LogP contribution in [0.2, 0.25) is 0 Å². The lowest BCUT2D eigenvalue weighted by atomic mass is 10.1.